The van der Waals surface area contributed by atoms with E-state index >= 15 is 0 Å². The molecule has 1 N–H and O–H groups in total. The van der Waals surface area contributed by atoms with Gasteiger partial charge in [-0.25, -0.2) is 21.5 Å². The van der Waals surface area contributed by atoms with Gasteiger partial charge in [0.25, 0.3) is 0 Å². The Morgan fingerprint density at radius 3 is 2.48 bits per heavy atom. The number of para-hydroxylation sites is 1. The predicted molar refractivity (Wildman–Crippen MR) is 108 cm³/mol. The van der Waals surface area contributed by atoms with Crippen molar-refractivity contribution in [3.05, 3.63) is 63.6 Å². The van der Waals surface area contributed by atoms with Gasteiger partial charge in [-0.1, -0.05) is 35.3 Å². The standard InChI is InChI=1S/C19H18Cl2F2N2O3S/c20-14-7-6-12(9-15(14)21)11-29(27,28)25-8-2-3-13(10-25)19(26)24-18-16(22)4-1-5-17(18)23/h1,4-7,9,13H,2-3,8,10-11H2,(H,24,26). The molecule has 1 fully saturated rings. The van der Waals surface area contributed by atoms with Gasteiger partial charge < -0.3 is 5.32 Å². The van der Waals surface area contributed by atoms with Crippen molar-refractivity contribution in [2.75, 3.05) is 18.4 Å². The third-order valence-electron chi connectivity index (χ3n) is 4.69. The fourth-order valence-corrected chi connectivity index (χ4v) is 5.10. The van der Waals surface area contributed by atoms with Crippen molar-refractivity contribution >= 4 is 44.8 Å². The lowest BCUT2D eigenvalue weighted by molar-refractivity contribution is -0.120. The van der Waals surface area contributed by atoms with E-state index in [9.17, 15) is 22.0 Å². The average molecular weight is 463 g/mol. The number of piperidine rings is 1. The molecule has 1 saturated heterocycles. The third kappa shape index (κ3) is 5.25. The number of benzene rings is 2. The van der Waals surface area contributed by atoms with Gasteiger partial charge in [0.1, 0.15) is 17.3 Å². The monoisotopic (exact) mass is 462 g/mol. The summed E-state index contributed by atoms with van der Waals surface area (Å²) in [6.07, 6.45) is 0.874. The number of nitrogens with zero attached hydrogens (tertiary/aromatic N) is 1. The first kappa shape index (κ1) is 22.0. The van der Waals surface area contributed by atoms with E-state index in [-0.39, 0.29) is 23.9 Å². The predicted octanol–water partition coefficient (Wildman–Crippen LogP) is 4.45. The van der Waals surface area contributed by atoms with Crippen LogP contribution < -0.4 is 5.32 Å². The molecule has 0 aliphatic carbocycles. The van der Waals surface area contributed by atoms with Crippen LogP contribution >= 0.6 is 23.2 Å². The van der Waals surface area contributed by atoms with Crippen molar-refractivity contribution in [2.24, 2.45) is 5.92 Å². The molecule has 29 heavy (non-hydrogen) atoms. The zero-order chi connectivity index (χ0) is 21.2. The summed E-state index contributed by atoms with van der Waals surface area (Å²) in [6, 6.07) is 7.83. The molecule has 0 aromatic heterocycles. The second kappa shape index (κ2) is 8.95. The molecule has 0 radical (unpaired) electrons. The summed E-state index contributed by atoms with van der Waals surface area (Å²) >= 11 is 11.8. The Labute approximate surface area is 177 Å². The molecule has 0 saturated carbocycles. The summed E-state index contributed by atoms with van der Waals surface area (Å²) in [4.78, 5) is 12.5. The van der Waals surface area contributed by atoms with Crippen molar-refractivity contribution in [3.8, 4) is 0 Å². The lowest BCUT2D eigenvalue weighted by Crippen LogP contribution is -2.44. The van der Waals surface area contributed by atoms with E-state index < -0.39 is 39.2 Å². The Hall–Kier alpha value is -1.74. The lowest BCUT2D eigenvalue weighted by Gasteiger charge is -2.31. The van der Waals surface area contributed by atoms with Gasteiger partial charge in [0.05, 0.1) is 21.7 Å². The Morgan fingerprint density at radius 2 is 1.83 bits per heavy atom. The average Bonchev–Trinajstić information content (AvgIpc) is 2.67. The molecule has 3 rings (SSSR count). The highest BCUT2D eigenvalue weighted by atomic mass is 35.5. The Balaban J connectivity index is 1.70. The van der Waals surface area contributed by atoms with Crippen molar-refractivity contribution < 1.29 is 22.0 Å². The van der Waals surface area contributed by atoms with E-state index in [0.29, 0.717) is 23.4 Å². The van der Waals surface area contributed by atoms with E-state index in [1.54, 1.807) is 6.07 Å². The summed E-state index contributed by atoms with van der Waals surface area (Å²) in [5, 5.41) is 2.82. The molecule has 10 heteroatoms. The van der Waals surface area contributed by atoms with Gasteiger partial charge >= 0.3 is 0 Å². The molecule has 0 spiro atoms. The van der Waals surface area contributed by atoms with Crippen molar-refractivity contribution in [1.29, 1.82) is 0 Å². The largest absolute Gasteiger partial charge is 0.321 e. The number of carbonyl (C=O) groups is 1. The zero-order valence-electron chi connectivity index (χ0n) is 15.2. The number of nitrogens with one attached hydrogen (secondary N) is 1. The number of sulfonamides is 1. The molecule has 156 valence electrons. The van der Waals surface area contributed by atoms with Crippen LogP contribution in [-0.2, 0) is 20.6 Å². The smallest absolute Gasteiger partial charge is 0.228 e. The Kier molecular flexibility index (Phi) is 6.78. The molecule has 5 nitrogen and oxygen atoms in total. The molecule has 1 unspecified atom stereocenters. The van der Waals surface area contributed by atoms with Crippen LogP contribution in [-0.4, -0.2) is 31.7 Å². The van der Waals surface area contributed by atoms with Crippen LogP contribution in [0.2, 0.25) is 10.0 Å². The van der Waals surface area contributed by atoms with E-state index in [0.717, 1.165) is 12.1 Å². The maximum absolute atomic E-state index is 13.8. The van der Waals surface area contributed by atoms with Crippen LogP contribution in [0.5, 0.6) is 0 Å². The summed E-state index contributed by atoms with van der Waals surface area (Å²) in [6.45, 7) is 0.201. The normalized spacial score (nSPS) is 17.9. The molecule has 1 amide bonds. The minimum absolute atomic E-state index is 0.0639. The molecule has 1 aliphatic rings. The molecule has 1 aliphatic heterocycles. The molecule has 1 atom stereocenters. The number of halogens is 4. The van der Waals surface area contributed by atoms with E-state index in [1.165, 1.54) is 22.5 Å². The molecule has 1 heterocycles. The quantitative estimate of drug-likeness (QED) is 0.713. The molecule has 2 aromatic carbocycles. The highest BCUT2D eigenvalue weighted by molar-refractivity contribution is 7.88. The van der Waals surface area contributed by atoms with Crippen molar-refractivity contribution in [2.45, 2.75) is 18.6 Å². The van der Waals surface area contributed by atoms with Crippen LogP contribution in [0.15, 0.2) is 36.4 Å². The Bertz CT molecular complexity index is 1010. The van der Waals surface area contributed by atoms with E-state index in [4.69, 9.17) is 23.2 Å². The summed E-state index contributed by atoms with van der Waals surface area (Å²) in [5.74, 6) is -3.41. The van der Waals surface area contributed by atoms with Gasteiger partial charge in [-0.15, -0.1) is 0 Å². The topological polar surface area (TPSA) is 66.5 Å². The first-order valence-corrected chi connectivity index (χ1v) is 11.2. The number of hydrogen-bond donors (Lipinski definition) is 1. The molecular weight excluding hydrogens is 445 g/mol. The van der Waals surface area contributed by atoms with E-state index in [2.05, 4.69) is 5.32 Å². The van der Waals surface area contributed by atoms with Gasteiger partial charge in [-0.2, -0.15) is 0 Å². The number of rotatable bonds is 5. The molecular formula is C19H18Cl2F2N2O3S. The minimum atomic E-state index is -3.72. The van der Waals surface area contributed by atoms with Crippen LogP contribution in [0, 0.1) is 17.6 Å². The number of carbonyl (C=O) groups excluding carboxylic acids is 1. The van der Waals surface area contributed by atoms with Crippen LogP contribution in [0.25, 0.3) is 0 Å². The van der Waals surface area contributed by atoms with Gasteiger partial charge in [0.15, 0.2) is 0 Å². The maximum Gasteiger partial charge on any atom is 0.228 e. The van der Waals surface area contributed by atoms with Crippen molar-refractivity contribution in [3.63, 3.8) is 0 Å². The second-order valence-corrected chi connectivity index (χ2v) is 9.57. The first-order chi connectivity index (χ1) is 13.7. The zero-order valence-corrected chi connectivity index (χ0v) is 17.5. The second-order valence-electron chi connectivity index (χ2n) is 6.79. The highest BCUT2D eigenvalue weighted by Crippen LogP contribution is 2.27. The Morgan fingerprint density at radius 1 is 1.14 bits per heavy atom. The number of hydrogen-bond acceptors (Lipinski definition) is 3. The molecule has 2 aromatic rings. The van der Waals surface area contributed by atoms with Gasteiger partial charge in [0, 0.05) is 13.1 Å². The lowest BCUT2D eigenvalue weighted by atomic mass is 9.98. The van der Waals surface area contributed by atoms with Crippen LogP contribution in [0.3, 0.4) is 0 Å². The van der Waals surface area contributed by atoms with E-state index in [1.807, 2.05) is 0 Å². The summed E-state index contributed by atoms with van der Waals surface area (Å²) in [7, 11) is -3.72. The summed E-state index contributed by atoms with van der Waals surface area (Å²) < 4.78 is 54.3. The molecule has 0 bridgehead atoms. The highest BCUT2D eigenvalue weighted by Gasteiger charge is 2.33. The fourth-order valence-electron chi connectivity index (χ4n) is 3.18. The van der Waals surface area contributed by atoms with Gasteiger partial charge in [0.2, 0.25) is 15.9 Å². The fraction of sp³-hybridized carbons (Fsp3) is 0.316. The first-order valence-electron chi connectivity index (χ1n) is 8.84. The number of amides is 1. The van der Waals surface area contributed by atoms with Crippen LogP contribution in [0.4, 0.5) is 14.5 Å². The van der Waals surface area contributed by atoms with Gasteiger partial charge in [-0.3, -0.25) is 4.79 Å². The third-order valence-corrected chi connectivity index (χ3v) is 7.25. The number of anilines is 1. The SMILES string of the molecule is O=C(Nc1c(F)cccc1F)C1CCCN(S(=O)(=O)Cc2ccc(Cl)c(Cl)c2)C1. The van der Waals surface area contributed by atoms with Crippen LogP contribution in [0.1, 0.15) is 18.4 Å². The van der Waals surface area contributed by atoms with Gasteiger partial charge in [-0.05, 0) is 42.7 Å². The summed E-state index contributed by atoms with van der Waals surface area (Å²) in [5.41, 5.74) is -0.0623. The minimum Gasteiger partial charge on any atom is -0.321 e. The maximum atomic E-state index is 13.8. The van der Waals surface area contributed by atoms with Crippen molar-refractivity contribution in [1.82, 2.24) is 4.31 Å².